The van der Waals surface area contributed by atoms with Gasteiger partial charge in [-0.1, -0.05) is 26.0 Å². The van der Waals surface area contributed by atoms with Crippen LogP contribution in [0.15, 0.2) is 24.3 Å². The summed E-state index contributed by atoms with van der Waals surface area (Å²) in [7, 11) is 0. The van der Waals surface area contributed by atoms with Crippen LogP contribution in [0.4, 0.5) is 5.69 Å². The summed E-state index contributed by atoms with van der Waals surface area (Å²) in [5, 5.41) is 3.42. The highest BCUT2D eigenvalue weighted by atomic mass is 16.5. The Bertz CT molecular complexity index is 307. The molecule has 0 heterocycles. The summed E-state index contributed by atoms with van der Waals surface area (Å²) in [6.07, 6.45) is 1.39. The van der Waals surface area contributed by atoms with Gasteiger partial charge in [0, 0.05) is 6.54 Å². The molecule has 0 fully saturated rings. The Morgan fingerprint density at radius 1 is 1.12 bits per heavy atom. The monoisotopic (exact) mass is 221 g/mol. The standard InChI is InChI=1S/C14H23NO/c1-11(2)9-10-15-13-7-5-6-8-14(13)16-12(3)4/h5-8,11-12,15H,9-10H2,1-4H3. The van der Waals surface area contributed by atoms with Crippen LogP contribution in [0.5, 0.6) is 5.75 Å². The number of para-hydroxylation sites is 2. The van der Waals surface area contributed by atoms with Gasteiger partial charge in [-0.3, -0.25) is 0 Å². The lowest BCUT2D eigenvalue weighted by atomic mass is 10.1. The van der Waals surface area contributed by atoms with Crippen LogP contribution in [0.2, 0.25) is 0 Å². The van der Waals surface area contributed by atoms with Crippen molar-refractivity contribution in [2.24, 2.45) is 5.92 Å². The molecule has 0 saturated carbocycles. The molecule has 0 aliphatic rings. The topological polar surface area (TPSA) is 21.3 Å². The summed E-state index contributed by atoms with van der Waals surface area (Å²) >= 11 is 0. The molecule has 1 N–H and O–H groups in total. The van der Waals surface area contributed by atoms with Gasteiger partial charge in [-0.2, -0.15) is 0 Å². The molecule has 2 heteroatoms. The highest BCUT2D eigenvalue weighted by molar-refractivity contribution is 5.56. The van der Waals surface area contributed by atoms with Crippen molar-refractivity contribution in [1.82, 2.24) is 0 Å². The molecule has 1 aromatic rings. The van der Waals surface area contributed by atoms with E-state index in [1.165, 1.54) is 6.42 Å². The molecule has 0 spiro atoms. The van der Waals surface area contributed by atoms with Crippen LogP contribution in [-0.2, 0) is 0 Å². The average Bonchev–Trinajstić information content (AvgIpc) is 2.19. The number of anilines is 1. The quantitative estimate of drug-likeness (QED) is 0.785. The highest BCUT2D eigenvalue weighted by Gasteiger charge is 2.04. The zero-order chi connectivity index (χ0) is 12.0. The molecule has 0 atom stereocenters. The smallest absolute Gasteiger partial charge is 0.142 e. The van der Waals surface area contributed by atoms with Crippen LogP contribution in [0.1, 0.15) is 34.1 Å². The van der Waals surface area contributed by atoms with E-state index in [2.05, 4.69) is 25.2 Å². The summed E-state index contributed by atoms with van der Waals surface area (Å²) in [5.41, 5.74) is 1.09. The maximum Gasteiger partial charge on any atom is 0.142 e. The van der Waals surface area contributed by atoms with Crippen LogP contribution >= 0.6 is 0 Å². The molecular formula is C14H23NO. The van der Waals surface area contributed by atoms with Gasteiger partial charge in [-0.05, 0) is 38.3 Å². The van der Waals surface area contributed by atoms with E-state index in [4.69, 9.17) is 4.74 Å². The molecule has 2 nitrogen and oxygen atoms in total. The third kappa shape index (κ3) is 4.56. The number of hydrogen-bond acceptors (Lipinski definition) is 2. The number of hydrogen-bond donors (Lipinski definition) is 1. The first-order valence-corrected chi connectivity index (χ1v) is 6.09. The molecule has 0 aliphatic carbocycles. The summed E-state index contributed by atoms with van der Waals surface area (Å²) in [6, 6.07) is 8.12. The molecule has 0 aliphatic heterocycles. The summed E-state index contributed by atoms with van der Waals surface area (Å²) in [5.74, 6) is 1.67. The fourth-order valence-corrected chi connectivity index (χ4v) is 1.46. The summed E-state index contributed by atoms with van der Waals surface area (Å²) < 4.78 is 5.74. The average molecular weight is 221 g/mol. The van der Waals surface area contributed by atoms with Gasteiger partial charge in [0.25, 0.3) is 0 Å². The molecule has 0 unspecified atom stereocenters. The van der Waals surface area contributed by atoms with E-state index in [0.29, 0.717) is 0 Å². The van der Waals surface area contributed by atoms with Crippen molar-refractivity contribution in [1.29, 1.82) is 0 Å². The first-order valence-electron chi connectivity index (χ1n) is 6.09. The number of rotatable bonds is 6. The SMILES string of the molecule is CC(C)CCNc1ccccc1OC(C)C. The van der Waals surface area contributed by atoms with Gasteiger partial charge in [-0.15, -0.1) is 0 Å². The predicted molar refractivity (Wildman–Crippen MR) is 70.2 cm³/mol. The second-order valence-corrected chi connectivity index (χ2v) is 4.77. The Balaban J connectivity index is 2.56. The predicted octanol–water partition coefficient (Wildman–Crippen LogP) is 3.93. The molecular weight excluding hydrogens is 198 g/mol. The van der Waals surface area contributed by atoms with Gasteiger partial charge in [0.1, 0.15) is 5.75 Å². The zero-order valence-corrected chi connectivity index (χ0v) is 10.8. The fourth-order valence-electron chi connectivity index (χ4n) is 1.46. The van der Waals surface area contributed by atoms with Crippen molar-refractivity contribution in [3.05, 3.63) is 24.3 Å². The third-order valence-electron chi connectivity index (χ3n) is 2.29. The van der Waals surface area contributed by atoms with E-state index in [-0.39, 0.29) is 6.10 Å². The van der Waals surface area contributed by atoms with Crippen molar-refractivity contribution in [3.63, 3.8) is 0 Å². The van der Waals surface area contributed by atoms with E-state index < -0.39 is 0 Å². The summed E-state index contributed by atoms with van der Waals surface area (Å²) in [4.78, 5) is 0. The Morgan fingerprint density at radius 3 is 2.44 bits per heavy atom. The Labute approximate surface area is 99.0 Å². The van der Waals surface area contributed by atoms with Crippen molar-refractivity contribution in [2.75, 3.05) is 11.9 Å². The fraction of sp³-hybridized carbons (Fsp3) is 0.571. The number of ether oxygens (including phenoxy) is 1. The van der Waals surface area contributed by atoms with Crippen molar-refractivity contribution >= 4 is 5.69 Å². The lowest BCUT2D eigenvalue weighted by Crippen LogP contribution is -2.10. The normalized spacial score (nSPS) is 10.9. The minimum absolute atomic E-state index is 0.216. The van der Waals surface area contributed by atoms with Crippen LogP contribution < -0.4 is 10.1 Å². The van der Waals surface area contributed by atoms with Crippen molar-refractivity contribution in [3.8, 4) is 5.75 Å². The minimum Gasteiger partial charge on any atom is -0.489 e. The number of benzene rings is 1. The largest absolute Gasteiger partial charge is 0.489 e. The summed E-state index contributed by atoms with van der Waals surface area (Å²) in [6.45, 7) is 9.56. The second kappa shape index (κ2) is 6.41. The maximum absolute atomic E-state index is 5.74. The van der Waals surface area contributed by atoms with Crippen molar-refractivity contribution < 1.29 is 4.74 Å². The Morgan fingerprint density at radius 2 is 1.81 bits per heavy atom. The lowest BCUT2D eigenvalue weighted by Gasteiger charge is -2.15. The van der Waals surface area contributed by atoms with E-state index in [9.17, 15) is 0 Å². The molecule has 0 aromatic heterocycles. The Hall–Kier alpha value is -1.18. The van der Waals surface area contributed by atoms with Gasteiger partial charge in [0.05, 0.1) is 11.8 Å². The van der Waals surface area contributed by atoms with Gasteiger partial charge in [-0.25, -0.2) is 0 Å². The molecule has 0 amide bonds. The van der Waals surface area contributed by atoms with E-state index in [1.54, 1.807) is 0 Å². The van der Waals surface area contributed by atoms with Gasteiger partial charge in [0.15, 0.2) is 0 Å². The van der Waals surface area contributed by atoms with Gasteiger partial charge >= 0.3 is 0 Å². The lowest BCUT2D eigenvalue weighted by molar-refractivity contribution is 0.243. The highest BCUT2D eigenvalue weighted by Crippen LogP contribution is 2.24. The molecule has 0 radical (unpaired) electrons. The van der Waals surface area contributed by atoms with Crippen molar-refractivity contribution in [2.45, 2.75) is 40.2 Å². The van der Waals surface area contributed by atoms with E-state index in [1.807, 2.05) is 32.0 Å². The first kappa shape index (κ1) is 12.9. The Kier molecular flexibility index (Phi) is 5.17. The van der Waals surface area contributed by atoms with Crippen LogP contribution in [0.3, 0.4) is 0 Å². The van der Waals surface area contributed by atoms with Gasteiger partial charge < -0.3 is 10.1 Å². The van der Waals surface area contributed by atoms with E-state index in [0.717, 1.165) is 23.9 Å². The molecule has 0 bridgehead atoms. The molecule has 16 heavy (non-hydrogen) atoms. The second-order valence-electron chi connectivity index (χ2n) is 4.77. The van der Waals surface area contributed by atoms with Crippen LogP contribution in [-0.4, -0.2) is 12.6 Å². The molecule has 0 saturated heterocycles. The van der Waals surface area contributed by atoms with Crippen LogP contribution in [0, 0.1) is 5.92 Å². The first-order chi connectivity index (χ1) is 7.59. The van der Waals surface area contributed by atoms with Crippen LogP contribution in [0.25, 0.3) is 0 Å². The van der Waals surface area contributed by atoms with E-state index >= 15 is 0 Å². The number of nitrogens with one attached hydrogen (secondary N) is 1. The van der Waals surface area contributed by atoms with Gasteiger partial charge in [0.2, 0.25) is 0 Å². The maximum atomic E-state index is 5.74. The third-order valence-corrected chi connectivity index (χ3v) is 2.29. The molecule has 1 rings (SSSR count). The minimum atomic E-state index is 0.216. The zero-order valence-electron chi connectivity index (χ0n) is 10.8. The molecule has 1 aromatic carbocycles. The molecule has 90 valence electrons.